The van der Waals surface area contributed by atoms with E-state index in [-0.39, 0.29) is 23.3 Å². The number of halogens is 2. The molecule has 41 heavy (non-hydrogen) atoms. The molecule has 0 aliphatic carbocycles. The fourth-order valence-electron chi connectivity index (χ4n) is 5.65. The van der Waals surface area contributed by atoms with Gasteiger partial charge >= 0.3 is 0 Å². The maximum absolute atomic E-state index is 13.5. The normalized spacial score (nSPS) is 21.0. The zero-order chi connectivity index (χ0) is 29.9. The van der Waals surface area contributed by atoms with Gasteiger partial charge in [0.2, 0.25) is 18.2 Å². The Morgan fingerprint density at radius 2 is 1.95 bits per heavy atom. The van der Waals surface area contributed by atoms with Crippen molar-refractivity contribution < 1.29 is 19.1 Å². The maximum atomic E-state index is 13.5. The molecule has 2 aliphatic heterocycles. The third kappa shape index (κ3) is 6.17. The molecule has 5 rings (SSSR count). The first-order valence-corrected chi connectivity index (χ1v) is 13.8. The molecule has 1 saturated heterocycles. The van der Waals surface area contributed by atoms with Crippen molar-refractivity contribution in [3.63, 3.8) is 0 Å². The Balaban J connectivity index is 0.000000234. The molecular formula is C30H33Cl2N5O4. The van der Waals surface area contributed by atoms with Gasteiger partial charge < -0.3 is 26.4 Å². The highest BCUT2D eigenvalue weighted by Crippen LogP contribution is 2.53. The summed E-state index contributed by atoms with van der Waals surface area (Å²) in [5.74, 6) is -0.218. The second-order valence-electron chi connectivity index (χ2n) is 11.2. The summed E-state index contributed by atoms with van der Waals surface area (Å²) < 4.78 is 4.96. The Hall–Kier alpha value is -3.66. The number of benzene rings is 2. The van der Waals surface area contributed by atoms with Crippen LogP contribution in [0, 0.1) is 5.41 Å². The lowest BCUT2D eigenvalue weighted by Gasteiger charge is -2.36. The summed E-state index contributed by atoms with van der Waals surface area (Å²) in [6.45, 7) is 7.27. The number of amides is 3. The minimum Gasteiger partial charge on any atom is -0.495 e. The first-order valence-electron chi connectivity index (χ1n) is 13.0. The molecule has 3 amide bonds. The van der Waals surface area contributed by atoms with Crippen LogP contribution in [0.4, 0.5) is 11.4 Å². The number of hydrogen-bond donors (Lipinski definition) is 4. The van der Waals surface area contributed by atoms with E-state index in [0.717, 1.165) is 17.7 Å². The number of primary amides is 1. The molecule has 9 nitrogen and oxygen atoms in total. The number of methoxy groups -OCH3 is 1. The highest BCUT2D eigenvalue weighted by Gasteiger charge is 2.62. The average Bonchev–Trinajstić information content (AvgIpc) is 3.41. The van der Waals surface area contributed by atoms with Crippen LogP contribution < -0.4 is 26.4 Å². The molecule has 1 aromatic heterocycles. The molecule has 3 heterocycles. The van der Waals surface area contributed by atoms with Gasteiger partial charge in [-0.25, -0.2) is 0 Å². The number of nitrogens with one attached hydrogen (secondary N) is 3. The Labute approximate surface area is 249 Å². The minimum absolute atomic E-state index is 0.0171. The second kappa shape index (κ2) is 12.1. The van der Waals surface area contributed by atoms with Crippen LogP contribution in [0.3, 0.4) is 0 Å². The average molecular weight is 599 g/mol. The third-order valence-electron chi connectivity index (χ3n) is 7.31. The molecule has 0 saturated carbocycles. The van der Waals surface area contributed by atoms with Gasteiger partial charge in [0.1, 0.15) is 11.2 Å². The first kappa shape index (κ1) is 30.3. The first-order chi connectivity index (χ1) is 19.4. The Morgan fingerprint density at radius 1 is 1.20 bits per heavy atom. The predicted octanol–water partition coefficient (Wildman–Crippen LogP) is 5.13. The molecule has 5 N–H and O–H groups in total. The Morgan fingerprint density at radius 3 is 2.59 bits per heavy atom. The van der Waals surface area contributed by atoms with Crippen molar-refractivity contribution in [1.29, 1.82) is 0 Å². The van der Waals surface area contributed by atoms with E-state index in [9.17, 15) is 14.4 Å². The van der Waals surface area contributed by atoms with Crippen LogP contribution in [0.2, 0.25) is 10.0 Å². The maximum Gasteiger partial charge on any atom is 0.248 e. The molecule has 3 atom stereocenters. The van der Waals surface area contributed by atoms with Crippen molar-refractivity contribution >= 4 is 52.8 Å². The van der Waals surface area contributed by atoms with Gasteiger partial charge in [-0.1, -0.05) is 56.1 Å². The minimum atomic E-state index is -0.780. The van der Waals surface area contributed by atoms with Crippen LogP contribution >= 0.6 is 23.2 Å². The van der Waals surface area contributed by atoms with Crippen molar-refractivity contribution in [2.24, 2.45) is 11.1 Å². The molecule has 3 aromatic rings. The summed E-state index contributed by atoms with van der Waals surface area (Å²) in [6.07, 6.45) is 3.01. The molecule has 2 unspecified atom stereocenters. The SMILES string of the molecule is CC(C)(C)CC1NCC(c2cccc(Cl)c2)[C@]12C(=O)Nc1cc(Cl)cnc12.COc1cc(C(N)=O)ccc1NC=O. The fourth-order valence-corrected chi connectivity index (χ4v) is 6.00. The van der Waals surface area contributed by atoms with Gasteiger partial charge in [0, 0.05) is 35.3 Å². The number of anilines is 2. The van der Waals surface area contributed by atoms with Crippen LogP contribution in [0.5, 0.6) is 5.75 Å². The monoisotopic (exact) mass is 597 g/mol. The number of pyridine rings is 1. The quantitative estimate of drug-likeness (QED) is 0.291. The smallest absolute Gasteiger partial charge is 0.248 e. The van der Waals surface area contributed by atoms with E-state index in [4.69, 9.17) is 33.7 Å². The van der Waals surface area contributed by atoms with Crippen LogP contribution in [-0.4, -0.2) is 42.9 Å². The van der Waals surface area contributed by atoms with Crippen molar-refractivity contribution in [2.45, 2.75) is 44.6 Å². The molecular weight excluding hydrogens is 565 g/mol. The van der Waals surface area contributed by atoms with Gasteiger partial charge in [0.25, 0.3) is 0 Å². The van der Waals surface area contributed by atoms with Gasteiger partial charge in [0.15, 0.2) is 0 Å². The summed E-state index contributed by atoms with van der Waals surface area (Å²) in [5, 5.41) is 10.3. The molecule has 2 aromatic carbocycles. The van der Waals surface area contributed by atoms with E-state index in [1.807, 2.05) is 24.3 Å². The van der Waals surface area contributed by atoms with Crippen LogP contribution in [0.15, 0.2) is 54.7 Å². The van der Waals surface area contributed by atoms with Crippen molar-refractivity contribution in [1.82, 2.24) is 10.3 Å². The summed E-state index contributed by atoms with van der Waals surface area (Å²) >= 11 is 12.4. The van der Waals surface area contributed by atoms with Gasteiger partial charge in [-0.15, -0.1) is 0 Å². The number of hydrogen-bond acceptors (Lipinski definition) is 6. The topological polar surface area (TPSA) is 135 Å². The van der Waals surface area contributed by atoms with Crippen molar-refractivity contribution in [3.05, 3.63) is 81.6 Å². The number of carbonyl (C=O) groups excluding carboxylic acids is 3. The molecule has 1 fully saturated rings. The van der Waals surface area contributed by atoms with Crippen LogP contribution in [-0.2, 0) is 15.0 Å². The third-order valence-corrected chi connectivity index (χ3v) is 7.75. The lowest BCUT2D eigenvalue weighted by atomic mass is 9.65. The molecule has 11 heteroatoms. The highest BCUT2D eigenvalue weighted by atomic mass is 35.5. The van der Waals surface area contributed by atoms with Gasteiger partial charge in [-0.3, -0.25) is 19.4 Å². The number of nitrogens with zero attached hydrogens (tertiary/aromatic N) is 1. The zero-order valence-electron chi connectivity index (χ0n) is 23.3. The van der Waals surface area contributed by atoms with Gasteiger partial charge in [-0.05, 0) is 53.8 Å². The van der Waals surface area contributed by atoms with Crippen LogP contribution in [0.1, 0.15) is 54.7 Å². The summed E-state index contributed by atoms with van der Waals surface area (Å²) in [5.41, 5.74) is 7.72. The van der Waals surface area contributed by atoms with Crippen LogP contribution in [0.25, 0.3) is 0 Å². The van der Waals surface area contributed by atoms with Crippen molar-refractivity contribution in [2.75, 3.05) is 24.3 Å². The highest BCUT2D eigenvalue weighted by molar-refractivity contribution is 6.31. The number of carbonyl (C=O) groups is 3. The second-order valence-corrected chi connectivity index (χ2v) is 12.1. The van der Waals surface area contributed by atoms with E-state index < -0.39 is 11.3 Å². The van der Waals surface area contributed by atoms with E-state index in [1.54, 1.807) is 18.3 Å². The number of nitrogens with two attached hydrogens (primary N) is 1. The molecule has 216 valence electrons. The number of fused-ring (bicyclic) bond motifs is 2. The molecule has 0 radical (unpaired) electrons. The summed E-state index contributed by atoms with van der Waals surface area (Å²) in [4.78, 5) is 39.1. The van der Waals surface area contributed by atoms with E-state index in [0.29, 0.717) is 45.7 Å². The lowest BCUT2D eigenvalue weighted by molar-refractivity contribution is -0.122. The molecule has 1 spiro atoms. The number of aromatic nitrogens is 1. The number of rotatable bonds is 6. The van der Waals surface area contributed by atoms with Gasteiger partial charge in [0.05, 0.1) is 29.2 Å². The lowest BCUT2D eigenvalue weighted by Crippen LogP contribution is -2.50. The summed E-state index contributed by atoms with van der Waals surface area (Å²) in [7, 11) is 1.44. The van der Waals surface area contributed by atoms with E-state index >= 15 is 0 Å². The Bertz CT molecular complexity index is 1480. The standard InChI is InChI=1S/C21H23Cl2N3O.C9H10N2O3/c1-20(2,3)9-17-21(15(11-24-17)12-5-4-6-13(22)7-12)18-16(26-19(21)27)8-14(23)10-25-18;1-14-8-4-6(9(10)13)2-3-7(8)11-5-12/h4-8,10,15,17,24H,9,11H2,1-3H3,(H,26,27);2-5H,1H3,(H2,10,13)(H,11,12)/t15?,17?,21-;/m0./s1. The molecule has 2 aliphatic rings. The zero-order valence-corrected chi connectivity index (χ0v) is 24.8. The van der Waals surface area contributed by atoms with E-state index in [2.05, 4.69) is 41.7 Å². The predicted molar refractivity (Wildman–Crippen MR) is 161 cm³/mol. The van der Waals surface area contributed by atoms with Crippen molar-refractivity contribution in [3.8, 4) is 5.75 Å². The summed E-state index contributed by atoms with van der Waals surface area (Å²) in [6, 6.07) is 14.1. The van der Waals surface area contributed by atoms with E-state index in [1.165, 1.54) is 19.2 Å². The molecule has 0 bridgehead atoms. The Kier molecular flexibility index (Phi) is 8.91. The fraction of sp³-hybridized carbons (Fsp3) is 0.333. The largest absolute Gasteiger partial charge is 0.495 e. The van der Waals surface area contributed by atoms with Gasteiger partial charge in [-0.2, -0.15) is 0 Å². The number of ether oxygens (including phenoxy) is 1.